The second-order valence-corrected chi connectivity index (χ2v) is 5.02. The number of benzene rings is 1. The molecule has 124 valence electrons. The van der Waals surface area contributed by atoms with Gasteiger partial charge in [-0.1, -0.05) is 52.8 Å². The molecule has 4 heteroatoms. The average Bonchev–Trinajstić information content (AvgIpc) is 3.19. The lowest BCUT2D eigenvalue weighted by molar-refractivity contribution is 0.455. The third-order valence-corrected chi connectivity index (χ3v) is 3.32. The predicted molar refractivity (Wildman–Crippen MR) is 96.6 cm³/mol. The highest BCUT2D eigenvalue weighted by molar-refractivity contribution is 5.91. The molecule has 4 nitrogen and oxygen atoms in total. The van der Waals surface area contributed by atoms with Crippen molar-refractivity contribution in [3.05, 3.63) is 35.7 Å². The second-order valence-electron chi connectivity index (χ2n) is 5.02. The first kappa shape index (κ1) is 18.1. The standard InChI is InChI=1S/C14H17N3O.2C2H6.H2/c1-8(2)10-4-5-11(13-7-15-9(3)17-13)14-12(10)6-16-18-14;2*1-2;/h4-9,15,17H,1-3H3;2*1-2H3;1H. The molecule has 1 unspecified atom stereocenters. The molecule has 3 rings (SSSR count). The monoisotopic (exact) mass is 305 g/mol. The Hall–Kier alpha value is -1.97. The first-order valence-electron chi connectivity index (χ1n) is 8.27. The van der Waals surface area contributed by atoms with Crippen LogP contribution >= 0.6 is 0 Å². The third-order valence-electron chi connectivity index (χ3n) is 3.32. The van der Waals surface area contributed by atoms with E-state index in [0.717, 1.165) is 22.2 Å². The van der Waals surface area contributed by atoms with Crippen molar-refractivity contribution >= 4 is 16.7 Å². The zero-order valence-corrected chi connectivity index (χ0v) is 14.8. The first-order chi connectivity index (χ1) is 10.7. The van der Waals surface area contributed by atoms with Crippen LogP contribution in [0, 0.1) is 0 Å². The average molecular weight is 305 g/mol. The minimum absolute atomic E-state index is 0. The summed E-state index contributed by atoms with van der Waals surface area (Å²) in [7, 11) is 0. The van der Waals surface area contributed by atoms with Gasteiger partial charge in [-0.15, -0.1) is 0 Å². The number of nitrogens with zero attached hydrogens (tertiary/aromatic N) is 1. The molecular formula is C18H31N3O. The zero-order chi connectivity index (χ0) is 16.7. The Morgan fingerprint density at radius 1 is 1.18 bits per heavy atom. The van der Waals surface area contributed by atoms with E-state index < -0.39 is 0 Å². The van der Waals surface area contributed by atoms with E-state index in [4.69, 9.17) is 4.52 Å². The minimum Gasteiger partial charge on any atom is -0.370 e. The van der Waals surface area contributed by atoms with E-state index in [0.29, 0.717) is 5.92 Å². The van der Waals surface area contributed by atoms with Crippen LogP contribution in [0.25, 0.3) is 16.7 Å². The molecule has 0 spiro atoms. The summed E-state index contributed by atoms with van der Waals surface area (Å²) in [6.45, 7) is 14.4. The van der Waals surface area contributed by atoms with Gasteiger partial charge >= 0.3 is 0 Å². The third kappa shape index (κ3) is 3.62. The summed E-state index contributed by atoms with van der Waals surface area (Å²) in [5.41, 5.74) is 4.24. The van der Waals surface area contributed by atoms with E-state index in [2.05, 4.69) is 48.7 Å². The molecular weight excluding hydrogens is 274 g/mol. The summed E-state index contributed by atoms with van der Waals surface area (Å²) < 4.78 is 5.43. The Bertz CT molecular complexity index is 620. The van der Waals surface area contributed by atoms with Crippen LogP contribution in [-0.4, -0.2) is 11.3 Å². The molecule has 0 amide bonds. The Balaban J connectivity index is 0.000000901. The molecule has 0 bridgehead atoms. The van der Waals surface area contributed by atoms with Gasteiger partial charge in [-0.05, 0) is 24.5 Å². The predicted octanol–water partition coefficient (Wildman–Crippen LogP) is 5.09. The van der Waals surface area contributed by atoms with Crippen LogP contribution in [-0.2, 0) is 0 Å². The minimum atomic E-state index is 0. The molecule has 0 saturated carbocycles. The van der Waals surface area contributed by atoms with E-state index in [-0.39, 0.29) is 7.59 Å². The number of rotatable bonds is 2. The number of nitrogens with one attached hydrogen (secondary N) is 2. The number of hydrogen-bond donors (Lipinski definition) is 2. The Morgan fingerprint density at radius 2 is 1.86 bits per heavy atom. The van der Waals surface area contributed by atoms with Gasteiger partial charge in [-0.2, -0.15) is 0 Å². The zero-order valence-electron chi connectivity index (χ0n) is 14.8. The maximum absolute atomic E-state index is 5.43. The number of hydrogen-bond acceptors (Lipinski definition) is 4. The lowest BCUT2D eigenvalue weighted by Gasteiger charge is -2.11. The normalized spacial score (nSPS) is 16.0. The molecule has 1 aliphatic heterocycles. The van der Waals surface area contributed by atoms with Crippen molar-refractivity contribution in [3.8, 4) is 0 Å². The summed E-state index contributed by atoms with van der Waals surface area (Å²) >= 11 is 0. The molecule has 0 aliphatic carbocycles. The molecule has 0 fully saturated rings. The summed E-state index contributed by atoms with van der Waals surface area (Å²) in [5.74, 6) is 0.462. The first-order valence-corrected chi connectivity index (χ1v) is 8.27. The molecule has 0 radical (unpaired) electrons. The molecule has 0 saturated heterocycles. The summed E-state index contributed by atoms with van der Waals surface area (Å²) in [6, 6.07) is 4.26. The van der Waals surface area contributed by atoms with Crippen LogP contribution in [0.2, 0.25) is 0 Å². The lowest BCUT2D eigenvalue weighted by atomic mass is 9.97. The van der Waals surface area contributed by atoms with Crippen molar-refractivity contribution < 1.29 is 5.95 Å². The van der Waals surface area contributed by atoms with Crippen molar-refractivity contribution in [1.82, 2.24) is 15.8 Å². The summed E-state index contributed by atoms with van der Waals surface area (Å²) in [5, 5.41) is 11.6. The molecule has 2 heterocycles. The van der Waals surface area contributed by atoms with Gasteiger partial charge in [0.2, 0.25) is 0 Å². The van der Waals surface area contributed by atoms with Crippen LogP contribution in [0.5, 0.6) is 0 Å². The molecule has 1 aromatic heterocycles. The number of fused-ring (bicyclic) bond motifs is 1. The van der Waals surface area contributed by atoms with Crippen molar-refractivity contribution in [2.24, 2.45) is 0 Å². The largest absolute Gasteiger partial charge is 0.370 e. The van der Waals surface area contributed by atoms with Crippen LogP contribution in [0.3, 0.4) is 0 Å². The van der Waals surface area contributed by atoms with Crippen molar-refractivity contribution in [1.29, 1.82) is 0 Å². The van der Waals surface area contributed by atoms with E-state index >= 15 is 0 Å². The Labute approximate surface area is 135 Å². The van der Waals surface area contributed by atoms with Crippen molar-refractivity contribution in [2.45, 2.75) is 60.5 Å². The van der Waals surface area contributed by atoms with Crippen LogP contribution in [0.4, 0.5) is 0 Å². The lowest BCUT2D eigenvalue weighted by Crippen LogP contribution is -2.27. The van der Waals surface area contributed by atoms with Gasteiger partial charge in [-0.25, -0.2) is 0 Å². The SMILES string of the molecule is CC.CC.CC1NC=C(c2ccc(C(C)C)c3cnoc23)N1.[HH]. The fraction of sp³-hybridized carbons (Fsp3) is 0.500. The van der Waals surface area contributed by atoms with Gasteiger partial charge in [0.05, 0.1) is 18.1 Å². The van der Waals surface area contributed by atoms with E-state index in [1.54, 1.807) is 6.20 Å². The molecule has 1 aromatic carbocycles. The van der Waals surface area contributed by atoms with E-state index in [1.807, 2.05) is 33.9 Å². The Kier molecular flexibility index (Phi) is 6.96. The van der Waals surface area contributed by atoms with Gasteiger partial charge < -0.3 is 15.2 Å². The van der Waals surface area contributed by atoms with Gasteiger partial charge in [0, 0.05) is 18.6 Å². The maximum Gasteiger partial charge on any atom is 0.176 e. The van der Waals surface area contributed by atoms with Crippen LogP contribution < -0.4 is 10.6 Å². The quantitative estimate of drug-likeness (QED) is 0.811. The molecule has 2 N–H and O–H groups in total. The molecule has 1 aliphatic rings. The maximum atomic E-state index is 5.43. The van der Waals surface area contributed by atoms with Crippen molar-refractivity contribution in [2.75, 3.05) is 0 Å². The van der Waals surface area contributed by atoms with E-state index in [1.165, 1.54) is 5.56 Å². The highest BCUT2D eigenvalue weighted by atomic mass is 16.5. The molecule has 22 heavy (non-hydrogen) atoms. The highest BCUT2D eigenvalue weighted by Crippen LogP contribution is 2.31. The number of aromatic nitrogens is 1. The van der Waals surface area contributed by atoms with Gasteiger partial charge in [0.15, 0.2) is 5.58 Å². The topological polar surface area (TPSA) is 50.1 Å². The van der Waals surface area contributed by atoms with Crippen LogP contribution in [0.1, 0.15) is 66.9 Å². The fourth-order valence-corrected chi connectivity index (χ4v) is 2.37. The smallest absolute Gasteiger partial charge is 0.176 e. The van der Waals surface area contributed by atoms with Gasteiger partial charge in [0.25, 0.3) is 0 Å². The summed E-state index contributed by atoms with van der Waals surface area (Å²) in [4.78, 5) is 0. The second kappa shape index (κ2) is 8.47. The van der Waals surface area contributed by atoms with Gasteiger partial charge in [0.1, 0.15) is 0 Å². The fourth-order valence-electron chi connectivity index (χ4n) is 2.37. The van der Waals surface area contributed by atoms with Crippen molar-refractivity contribution in [3.63, 3.8) is 0 Å². The Morgan fingerprint density at radius 3 is 2.41 bits per heavy atom. The van der Waals surface area contributed by atoms with Gasteiger partial charge in [-0.3, -0.25) is 0 Å². The van der Waals surface area contributed by atoms with E-state index in [9.17, 15) is 0 Å². The molecule has 1 atom stereocenters. The van der Waals surface area contributed by atoms with Crippen LogP contribution in [0.15, 0.2) is 29.1 Å². The summed E-state index contributed by atoms with van der Waals surface area (Å²) in [6.07, 6.45) is 4.04. The molecule has 2 aromatic rings. The highest BCUT2D eigenvalue weighted by Gasteiger charge is 2.18.